The van der Waals surface area contributed by atoms with Crippen LogP contribution >= 0.6 is 0 Å². The van der Waals surface area contributed by atoms with E-state index in [0.717, 1.165) is 26.3 Å². The van der Waals surface area contributed by atoms with Crippen molar-refractivity contribution in [1.82, 2.24) is 4.90 Å². The highest BCUT2D eigenvalue weighted by Crippen LogP contribution is 2.02. The van der Waals surface area contributed by atoms with Crippen molar-refractivity contribution in [2.75, 3.05) is 26.3 Å². The van der Waals surface area contributed by atoms with Gasteiger partial charge in [0, 0.05) is 13.1 Å². The maximum Gasteiger partial charge on any atom is 0.0838 e. The topological polar surface area (TPSA) is 58.7 Å². The van der Waals surface area contributed by atoms with Gasteiger partial charge in [-0.3, -0.25) is 4.90 Å². The lowest BCUT2D eigenvalue weighted by atomic mass is 10.2. The zero-order valence-corrected chi connectivity index (χ0v) is 6.86. The fourth-order valence-electron chi connectivity index (χ4n) is 1.18. The van der Waals surface area contributed by atoms with E-state index in [2.05, 4.69) is 0 Å². The van der Waals surface area contributed by atoms with Crippen LogP contribution in [0, 0.1) is 0 Å². The minimum Gasteiger partial charge on any atom is -0.390 e. The molecular weight excluding hydrogens is 144 g/mol. The first-order chi connectivity index (χ1) is 5.22. The van der Waals surface area contributed by atoms with E-state index in [1.807, 2.05) is 4.90 Å². The van der Waals surface area contributed by atoms with Gasteiger partial charge in [0.1, 0.15) is 0 Å². The van der Waals surface area contributed by atoms with Crippen LogP contribution in [0.3, 0.4) is 0 Å². The van der Waals surface area contributed by atoms with Gasteiger partial charge in [0.05, 0.1) is 25.5 Å². The molecule has 11 heavy (non-hydrogen) atoms. The molecule has 1 heterocycles. The molecule has 3 N–H and O–H groups in total. The first-order valence-corrected chi connectivity index (χ1v) is 3.97. The highest BCUT2D eigenvalue weighted by atomic mass is 16.5. The van der Waals surface area contributed by atoms with Crippen LogP contribution in [-0.2, 0) is 4.74 Å². The first-order valence-electron chi connectivity index (χ1n) is 3.97. The third-order valence-corrected chi connectivity index (χ3v) is 1.96. The summed E-state index contributed by atoms with van der Waals surface area (Å²) in [7, 11) is 0. The summed E-state index contributed by atoms with van der Waals surface area (Å²) >= 11 is 0. The van der Waals surface area contributed by atoms with Gasteiger partial charge in [0.2, 0.25) is 0 Å². The average Bonchev–Trinajstić information content (AvgIpc) is 2.05. The van der Waals surface area contributed by atoms with Crippen LogP contribution in [-0.4, -0.2) is 48.6 Å². The quantitative estimate of drug-likeness (QED) is 0.543. The SMILES string of the molecule is C[C@@H](O)C(N)N1CCOCC1. The molecule has 1 saturated heterocycles. The number of nitrogens with zero attached hydrogens (tertiary/aromatic N) is 1. The van der Waals surface area contributed by atoms with Gasteiger partial charge in [-0.2, -0.15) is 0 Å². The highest BCUT2D eigenvalue weighted by molar-refractivity contribution is 4.72. The summed E-state index contributed by atoms with van der Waals surface area (Å²) in [6.45, 7) is 4.80. The Labute approximate surface area is 66.9 Å². The number of morpholine rings is 1. The van der Waals surface area contributed by atoms with Crippen molar-refractivity contribution in [3.05, 3.63) is 0 Å². The number of hydrogen-bond donors (Lipinski definition) is 2. The van der Waals surface area contributed by atoms with E-state index in [-0.39, 0.29) is 6.17 Å². The molecule has 0 aromatic carbocycles. The third-order valence-electron chi connectivity index (χ3n) is 1.96. The number of nitrogens with two attached hydrogens (primary N) is 1. The van der Waals surface area contributed by atoms with E-state index in [4.69, 9.17) is 15.6 Å². The molecule has 2 atom stereocenters. The second-order valence-corrected chi connectivity index (χ2v) is 2.88. The maximum absolute atomic E-state index is 9.17. The Bertz CT molecular complexity index is 113. The molecule has 1 unspecified atom stereocenters. The first kappa shape index (κ1) is 8.93. The van der Waals surface area contributed by atoms with E-state index in [1.165, 1.54) is 0 Å². The van der Waals surface area contributed by atoms with E-state index in [9.17, 15) is 0 Å². The van der Waals surface area contributed by atoms with Gasteiger partial charge in [-0.1, -0.05) is 0 Å². The van der Waals surface area contributed by atoms with Crippen molar-refractivity contribution in [3.8, 4) is 0 Å². The van der Waals surface area contributed by atoms with Gasteiger partial charge in [-0.05, 0) is 6.92 Å². The van der Waals surface area contributed by atoms with Crippen molar-refractivity contribution >= 4 is 0 Å². The van der Waals surface area contributed by atoms with Crippen molar-refractivity contribution < 1.29 is 9.84 Å². The largest absolute Gasteiger partial charge is 0.390 e. The van der Waals surface area contributed by atoms with Crippen LogP contribution in [0.15, 0.2) is 0 Å². The summed E-state index contributed by atoms with van der Waals surface area (Å²) in [6, 6.07) is 0. The van der Waals surface area contributed by atoms with Gasteiger partial charge >= 0.3 is 0 Å². The van der Waals surface area contributed by atoms with Crippen molar-refractivity contribution in [1.29, 1.82) is 0 Å². The van der Waals surface area contributed by atoms with E-state index in [1.54, 1.807) is 6.92 Å². The smallest absolute Gasteiger partial charge is 0.0838 e. The van der Waals surface area contributed by atoms with Crippen LogP contribution in [0.5, 0.6) is 0 Å². The molecule has 0 aliphatic carbocycles. The lowest BCUT2D eigenvalue weighted by molar-refractivity contribution is -0.0149. The normalized spacial score (nSPS) is 26.5. The summed E-state index contributed by atoms with van der Waals surface area (Å²) in [5.74, 6) is 0. The molecule has 1 aliphatic rings. The fourth-order valence-corrected chi connectivity index (χ4v) is 1.18. The van der Waals surface area contributed by atoms with Crippen LogP contribution in [0.25, 0.3) is 0 Å². The second-order valence-electron chi connectivity index (χ2n) is 2.88. The Kier molecular flexibility index (Phi) is 3.26. The number of hydrogen-bond acceptors (Lipinski definition) is 4. The van der Waals surface area contributed by atoms with Gasteiger partial charge in [0.15, 0.2) is 0 Å². The van der Waals surface area contributed by atoms with Crippen molar-refractivity contribution in [2.24, 2.45) is 5.73 Å². The van der Waals surface area contributed by atoms with E-state index in [0.29, 0.717) is 0 Å². The summed E-state index contributed by atoms with van der Waals surface area (Å²) in [4.78, 5) is 2.04. The Morgan fingerprint density at radius 1 is 1.45 bits per heavy atom. The van der Waals surface area contributed by atoms with Gasteiger partial charge < -0.3 is 15.6 Å². The van der Waals surface area contributed by atoms with Crippen LogP contribution in [0.1, 0.15) is 6.92 Å². The standard InChI is InChI=1S/C7H16N2O2/c1-6(10)7(8)9-2-4-11-5-3-9/h6-7,10H,2-5,8H2,1H3/t6-,7?/m1/s1. The van der Waals surface area contributed by atoms with Crippen LogP contribution < -0.4 is 5.73 Å². The summed E-state index contributed by atoms with van der Waals surface area (Å²) in [6.07, 6.45) is -0.702. The van der Waals surface area contributed by atoms with Gasteiger partial charge in [0.25, 0.3) is 0 Å². The molecule has 0 radical (unpaired) electrons. The molecule has 4 nitrogen and oxygen atoms in total. The molecule has 0 aromatic rings. The molecule has 66 valence electrons. The molecule has 0 aromatic heterocycles. The van der Waals surface area contributed by atoms with Gasteiger partial charge in [-0.25, -0.2) is 0 Å². The lowest BCUT2D eigenvalue weighted by Crippen LogP contribution is -2.53. The lowest BCUT2D eigenvalue weighted by Gasteiger charge is -2.33. The van der Waals surface area contributed by atoms with Crippen LogP contribution in [0.2, 0.25) is 0 Å². The molecule has 1 fully saturated rings. The number of aliphatic hydroxyl groups excluding tert-OH is 1. The molecule has 0 saturated carbocycles. The van der Waals surface area contributed by atoms with E-state index >= 15 is 0 Å². The number of ether oxygens (including phenoxy) is 1. The maximum atomic E-state index is 9.17. The molecule has 0 spiro atoms. The molecule has 0 bridgehead atoms. The van der Waals surface area contributed by atoms with Crippen LogP contribution in [0.4, 0.5) is 0 Å². The van der Waals surface area contributed by atoms with Gasteiger partial charge in [-0.15, -0.1) is 0 Å². The Morgan fingerprint density at radius 3 is 2.45 bits per heavy atom. The summed E-state index contributed by atoms with van der Waals surface area (Å²) in [5, 5.41) is 9.17. The number of rotatable bonds is 2. The Hall–Kier alpha value is -0.160. The van der Waals surface area contributed by atoms with Crippen molar-refractivity contribution in [2.45, 2.75) is 19.2 Å². The molecule has 1 aliphatic heterocycles. The monoisotopic (exact) mass is 160 g/mol. The minimum atomic E-state index is -0.465. The predicted molar refractivity (Wildman–Crippen MR) is 42.0 cm³/mol. The fraction of sp³-hybridized carbons (Fsp3) is 1.00. The highest BCUT2D eigenvalue weighted by Gasteiger charge is 2.20. The summed E-state index contributed by atoms with van der Waals surface area (Å²) in [5.41, 5.74) is 5.71. The minimum absolute atomic E-state index is 0.237. The third kappa shape index (κ3) is 2.41. The van der Waals surface area contributed by atoms with E-state index < -0.39 is 6.10 Å². The Morgan fingerprint density at radius 2 is 2.00 bits per heavy atom. The zero-order valence-electron chi connectivity index (χ0n) is 6.86. The Balaban J connectivity index is 2.32. The molecule has 1 rings (SSSR count). The summed E-state index contributed by atoms with van der Waals surface area (Å²) < 4.78 is 5.15. The number of aliphatic hydroxyl groups is 1. The average molecular weight is 160 g/mol. The second kappa shape index (κ2) is 4.01. The molecule has 0 amide bonds. The van der Waals surface area contributed by atoms with Crippen molar-refractivity contribution in [3.63, 3.8) is 0 Å². The molecular formula is C7H16N2O2. The predicted octanol–water partition coefficient (Wildman–Crippen LogP) is -1.02. The molecule has 4 heteroatoms. The zero-order chi connectivity index (χ0) is 8.27.